The Morgan fingerprint density at radius 3 is 2.90 bits per heavy atom. The van der Waals surface area contributed by atoms with Crippen molar-refractivity contribution in [2.75, 3.05) is 33.9 Å². The summed E-state index contributed by atoms with van der Waals surface area (Å²) in [5, 5.41) is 7.84. The van der Waals surface area contributed by atoms with Gasteiger partial charge in [-0.25, -0.2) is 0 Å². The fourth-order valence-electron chi connectivity index (χ4n) is 2.51. The summed E-state index contributed by atoms with van der Waals surface area (Å²) >= 11 is 1.74. The molecule has 0 atom stereocenters. The Bertz CT molecular complexity index is 440. The SMILES string of the molecule is CCOCCC1(CNC(=NC)N(C)Cc2ccsc2)CC1. The van der Waals surface area contributed by atoms with E-state index in [1.165, 1.54) is 18.4 Å². The number of nitrogens with one attached hydrogen (secondary N) is 1. The summed E-state index contributed by atoms with van der Waals surface area (Å²) in [4.78, 5) is 6.58. The maximum absolute atomic E-state index is 5.49. The van der Waals surface area contributed by atoms with E-state index in [-0.39, 0.29) is 0 Å². The highest BCUT2D eigenvalue weighted by Gasteiger charge is 2.42. The Morgan fingerprint density at radius 2 is 2.33 bits per heavy atom. The van der Waals surface area contributed by atoms with Crippen molar-refractivity contribution < 1.29 is 4.74 Å². The van der Waals surface area contributed by atoms with Crippen molar-refractivity contribution in [2.24, 2.45) is 10.4 Å². The van der Waals surface area contributed by atoms with E-state index in [2.05, 4.69) is 46.0 Å². The zero-order valence-corrected chi connectivity index (χ0v) is 14.2. The average Bonchev–Trinajstić information content (AvgIpc) is 3.05. The van der Waals surface area contributed by atoms with Gasteiger partial charge in [0.2, 0.25) is 0 Å². The lowest BCUT2D eigenvalue weighted by atomic mass is 10.0. The topological polar surface area (TPSA) is 36.9 Å². The van der Waals surface area contributed by atoms with Crippen molar-refractivity contribution in [3.05, 3.63) is 22.4 Å². The molecule has 0 radical (unpaired) electrons. The quantitative estimate of drug-likeness (QED) is 0.456. The van der Waals surface area contributed by atoms with Crippen LogP contribution in [0.5, 0.6) is 0 Å². The first-order valence-electron chi connectivity index (χ1n) is 7.70. The van der Waals surface area contributed by atoms with Gasteiger partial charge in [0.1, 0.15) is 0 Å². The molecule has 1 aliphatic rings. The van der Waals surface area contributed by atoms with Gasteiger partial charge in [-0.2, -0.15) is 11.3 Å². The number of aliphatic imine (C=N–C) groups is 1. The second-order valence-corrected chi connectivity index (χ2v) is 6.62. The van der Waals surface area contributed by atoms with Crippen LogP contribution in [-0.2, 0) is 11.3 Å². The van der Waals surface area contributed by atoms with Crippen LogP contribution >= 0.6 is 11.3 Å². The van der Waals surface area contributed by atoms with E-state index in [0.717, 1.165) is 38.7 Å². The maximum Gasteiger partial charge on any atom is 0.193 e. The predicted octanol–water partition coefficient (Wildman–Crippen LogP) is 2.96. The highest BCUT2D eigenvalue weighted by Crippen LogP contribution is 2.48. The lowest BCUT2D eigenvalue weighted by Gasteiger charge is -2.24. The monoisotopic (exact) mass is 309 g/mol. The highest BCUT2D eigenvalue weighted by molar-refractivity contribution is 7.07. The second-order valence-electron chi connectivity index (χ2n) is 5.84. The molecule has 118 valence electrons. The van der Waals surface area contributed by atoms with Gasteiger partial charge in [0.25, 0.3) is 0 Å². The molecule has 0 saturated heterocycles. The van der Waals surface area contributed by atoms with Crippen molar-refractivity contribution in [1.82, 2.24) is 10.2 Å². The second kappa shape index (κ2) is 7.80. The van der Waals surface area contributed by atoms with Crippen LogP contribution in [0.25, 0.3) is 0 Å². The third-order valence-electron chi connectivity index (χ3n) is 4.13. The molecular formula is C16H27N3OS. The van der Waals surface area contributed by atoms with E-state index in [0.29, 0.717) is 5.41 Å². The van der Waals surface area contributed by atoms with E-state index in [1.807, 2.05) is 7.05 Å². The summed E-state index contributed by atoms with van der Waals surface area (Å²) < 4.78 is 5.49. The molecule has 1 heterocycles. The first kappa shape index (κ1) is 16.3. The van der Waals surface area contributed by atoms with E-state index < -0.39 is 0 Å². The first-order valence-corrected chi connectivity index (χ1v) is 8.64. The van der Waals surface area contributed by atoms with Crippen LogP contribution in [0.1, 0.15) is 31.7 Å². The number of guanidine groups is 1. The first-order chi connectivity index (χ1) is 10.2. The van der Waals surface area contributed by atoms with Gasteiger partial charge in [0.15, 0.2) is 5.96 Å². The molecule has 0 bridgehead atoms. The van der Waals surface area contributed by atoms with Crippen molar-refractivity contribution in [3.63, 3.8) is 0 Å². The summed E-state index contributed by atoms with van der Waals surface area (Å²) in [5.74, 6) is 0.976. The summed E-state index contributed by atoms with van der Waals surface area (Å²) in [5.41, 5.74) is 1.77. The van der Waals surface area contributed by atoms with E-state index in [9.17, 15) is 0 Å². The minimum absolute atomic E-state index is 0.439. The van der Waals surface area contributed by atoms with Crippen LogP contribution in [0.4, 0.5) is 0 Å². The number of hydrogen-bond acceptors (Lipinski definition) is 3. The molecular weight excluding hydrogens is 282 g/mol. The average molecular weight is 309 g/mol. The lowest BCUT2D eigenvalue weighted by Crippen LogP contribution is -2.41. The van der Waals surface area contributed by atoms with Gasteiger partial charge in [-0.3, -0.25) is 4.99 Å². The molecule has 1 saturated carbocycles. The Labute approximate surface area is 132 Å². The molecule has 5 heteroatoms. The molecule has 0 amide bonds. The number of thiophene rings is 1. The van der Waals surface area contributed by atoms with E-state index in [4.69, 9.17) is 4.74 Å². The number of ether oxygens (including phenoxy) is 1. The van der Waals surface area contributed by atoms with Crippen molar-refractivity contribution in [2.45, 2.75) is 32.7 Å². The summed E-state index contributed by atoms with van der Waals surface area (Å²) in [7, 11) is 3.94. The summed E-state index contributed by atoms with van der Waals surface area (Å²) in [6, 6.07) is 2.17. The van der Waals surface area contributed by atoms with E-state index in [1.54, 1.807) is 11.3 Å². The molecule has 4 nitrogen and oxygen atoms in total. The molecule has 0 spiro atoms. The Balaban J connectivity index is 1.77. The molecule has 1 N–H and O–H groups in total. The third kappa shape index (κ3) is 5.00. The smallest absolute Gasteiger partial charge is 0.193 e. The van der Waals surface area contributed by atoms with Crippen molar-refractivity contribution in [1.29, 1.82) is 0 Å². The van der Waals surface area contributed by atoms with Crippen LogP contribution in [0.3, 0.4) is 0 Å². The van der Waals surface area contributed by atoms with Gasteiger partial charge in [-0.15, -0.1) is 0 Å². The van der Waals surface area contributed by atoms with Gasteiger partial charge in [0, 0.05) is 40.4 Å². The van der Waals surface area contributed by atoms with Crippen LogP contribution in [0.2, 0.25) is 0 Å². The lowest BCUT2D eigenvalue weighted by molar-refractivity contribution is 0.128. The van der Waals surface area contributed by atoms with Gasteiger partial charge in [0.05, 0.1) is 0 Å². The fraction of sp³-hybridized carbons (Fsp3) is 0.688. The van der Waals surface area contributed by atoms with Crippen LogP contribution in [0, 0.1) is 5.41 Å². The van der Waals surface area contributed by atoms with Gasteiger partial charge < -0.3 is 15.0 Å². The minimum Gasteiger partial charge on any atom is -0.382 e. The third-order valence-corrected chi connectivity index (χ3v) is 4.86. The normalized spacial score (nSPS) is 16.8. The Kier molecular flexibility index (Phi) is 6.06. The fourth-order valence-corrected chi connectivity index (χ4v) is 3.17. The minimum atomic E-state index is 0.439. The van der Waals surface area contributed by atoms with Crippen molar-refractivity contribution in [3.8, 4) is 0 Å². The summed E-state index contributed by atoms with van der Waals surface area (Å²) in [6.07, 6.45) is 3.76. The van der Waals surface area contributed by atoms with Gasteiger partial charge >= 0.3 is 0 Å². The number of hydrogen-bond donors (Lipinski definition) is 1. The summed E-state index contributed by atoms with van der Waals surface area (Å²) in [6.45, 7) is 5.64. The molecule has 1 aromatic rings. The van der Waals surface area contributed by atoms with E-state index >= 15 is 0 Å². The molecule has 0 aliphatic heterocycles. The maximum atomic E-state index is 5.49. The number of nitrogens with zero attached hydrogens (tertiary/aromatic N) is 2. The predicted molar refractivity (Wildman–Crippen MR) is 89.9 cm³/mol. The molecule has 1 fully saturated rings. The van der Waals surface area contributed by atoms with Crippen LogP contribution in [-0.4, -0.2) is 44.7 Å². The molecule has 0 unspecified atom stereocenters. The largest absolute Gasteiger partial charge is 0.382 e. The van der Waals surface area contributed by atoms with Crippen molar-refractivity contribution >= 4 is 17.3 Å². The highest BCUT2D eigenvalue weighted by atomic mass is 32.1. The standard InChI is InChI=1S/C16H27N3OS/c1-4-20-9-8-16(6-7-16)13-18-15(17-2)19(3)11-14-5-10-21-12-14/h5,10,12H,4,6-9,11,13H2,1-3H3,(H,17,18). The van der Waals surface area contributed by atoms with Crippen LogP contribution < -0.4 is 5.32 Å². The molecule has 1 aliphatic carbocycles. The Hall–Kier alpha value is -1.07. The van der Waals surface area contributed by atoms with Gasteiger partial charge in [-0.1, -0.05) is 0 Å². The molecule has 2 rings (SSSR count). The molecule has 1 aromatic heterocycles. The van der Waals surface area contributed by atoms with Crippen LogP contribution in [0.15, 0.2) is 21.8 Å². The van der Waals surface area contributed by atoms with Gasteiger partial charge in [-0.05, 0) is 54.0 Å². The zero-order valence-electron chi connectivity index (χ0n) is 13.4. The molecule has 21 heavy (non-hydrogen) atoms. The number of rotatable bonds is 8. The Morgan fingerprint density at radius 1 is 1.52 bits per heavy atom. The molecule has 0 aromatic carbocycles. The zero-order chi connectivity index (χ0) is 15.1.